The molecule has 15 heavy (non-hydrogen) atoms. The minimum Gasteiger partial charge on any atom is -0.508 e. The molecule has 0 saturated heterocycles. The van der Waals surface area contributed by atoms with Crippen LogP contribution in [0.2, 0.25) is 0 Å². The molecule has 0 aliphatic rings. The van der Waals surface area contributed by atoms with Crippen molar-refractivity contribution in [3.63, 3.8) is 0 Å². The second kappa shape index (κ2) is 5.23. The molecule has 0 atom stereocenters. The smallest absolute Gasteiger partial charge is 0.490 e. The highest BCUT2D eigenvalue weighted by atomic mass is 19.4. The highest BCUT2D eigenvalue weighted by Gasteiger charge is 2.38. The maximum Gasteiger partial charge on any atom is 0.490 e. The number of aromatic hydroxyl groups is 1. The van der Waals surface area contributed by atoms with Crippen molar-refractivity contribution in [2.24, 2.45) is 0 Å². The Bertz CT molecular complexity index is 313. The largest absolute Gasteiger partial charge is 0.508 e. The first-order valence-corrected chi connectivity index (χ1v) is 3.80. The van der Waals surface area contributed by atoms with Gasteiger partial charge in [-0.25, -0.2) is 4.79 Å². The van der Waals surface area contributed by atoms with Crippen molar-refractivity contribution in [1.82, 2.24) is 0 Å². The van der Waals surface area contributed by atoms with E-state index in [2.05, 4.69) is 0 Å². The number of carboxylic acids is 1. The lowest BCUT2D eigenvalue weighted by Gasteiger charge is -1.93. The quantitative estimate of drug-likeness (QED) is 0.708. The van der Waals surface area contributed by atoms with Crippen molar-refractivity contribution in [3.8, 4) is 5.75 Å². The Hall–Kier alpha value is -1.72. The fourth-order valence-electron chi connectivity index (χ4n) is 0.563. The second-order valence-corrected chi connectivity index (χ2v) is 2.59. The molecule has 0 amide bonds. The Morgan fingerprint density at radius 2 is 1.67 bits per heavy atom. The maximum atomic E-state index is 10.6. The van der Waals surface area contributed by atoms with Crippen molar-refractivity contribution >= 4 is 5.97 Å². The Morgan fingerprint density at radius 3 is 1.87 bits per heavy atom. The number of carboxylic acid groups (broad SMARTS) is 1. The third-order valence-electron chi connectivity index (χ3n) is 1.36. The van der Waals surface area contributed by atoms with Gasteiger partial charge in [0.2, 0.25) is 0 Å². The number of aliphatic carboxylic acids is 1. The molecular weight excluding hydrogens is 213 g/mol. The van der Waals surface area contributed by atoms with Crippen LogP contribution in [0.4, 0.5) is 13.2 Å². The van der Waals surface area contributed by atoms with Gasteiger partial charge < -0.3 is 10.2 Å². The van der Waals surface area contributed by atoms with Crippen molar-refractivity contribution < 1.29 is 28.2 Å². The molecule has 6 heteroatoms. The summed E-state index contributed by atoms with van der Waals surface area (Å²) in [6, 6.07) is 7.25. The van der Waals surface area contributed by atoms with Crippen LogP contribution in [0.25, 0.3) is 0 Å². The number of aryl methyl sites for hydroxylation is 1. The summed E-state index contributed by atoms with van der Waals surface area (Å²) in [6.07, 6.45) is -5.08. The molecule has 0 fully saturated rings. The Kier molecular flexibility index (Phi) is 4.63. The van der Waals surface area contributed by atoms with Crippen molar-refractivity contribution in [2.45, 2.75) is 13.1 Å². The highest BCUT2D eigenvalue weighted by Crippen LogP contribution is 2.13. The Morgan fingerprint density at radius 1 is 1.27 bits per heavy atom. The first-order valence-electron chi connectivity index (χ1n) is 3.80. The Balaban J connectivity index is 0.000000265. The van der Waals surface area contributed by atoms with E-state index in [0.717, 1.165) is 5.56 Å². The molecule has 84 valence electrons. The van der Waals surface area contributed by atoms with Crippen LogP contribution in [0.3, 0.4) is 0 Å². The normalized spacial score (nSPS) is 10.1. The van der Waals surface area contributed by atoms with Gasteiger partial charge in [-0.3, -0.25) is 0 Å². The molecule has 1 aromatic carbocycles. The molecular formula is C9H9F3O3. The van der Waals surface area contributed by atoms with Crippen molar-refractivity contribution in [1.29, 1.82) is 0 Å². The molecule has 0 aromatic heterocycles. The van der Waals surface area contributed by atoms with Crippen LogP contribution >= 0.6 is 0 Å². The molecule has 0 aliphatic carbocycles. The topological polar surface area (TPSA) is 57.5 Å². The van der Waals surface area contributed by atoms with Crippen molar-refractivity contribution in [3.05, 3.63) is 29.8 Å². The number of phenols is 1. The van der Waals surface area contributed by atoms with Crippen LogP contribution in [0, 0.1) is 6.92 Å². The van der Waals surface area contributed by atoms with E-state index in [-0.39, 0.29) is 0 Å². The lowest BCUT2D eigenvalue weighted by atomic mass is 10.2. The van der Waals surface area contributed by atoms with Crippen LogP contribution < -0.4 is 0 Å². The lowest BCUT2D eigenvalue weighted by Crippen LogP contribution is -2.21. The van der Waals surface area contributed by atoms with Gasteiger partial charge in [-0.2, -0.15) is 13.2 Å². The molecule has 0 spiro atoms. The number of hydrogen-bond donors (Lipinski definition) is 2. The van der Waals surface area contributed by atoms with Crippen LogP contribution in [0.15, 0.2) is 24.3 Å². The number of para-hydroxylation sites is 1. The van der Waals surface area contributed by atoms with Crippen LogP contribution in [0.5, 0.6) is 5.75 Å². The minimum absolute atomic E-state index is 0.368. The van der Waals surface area contributed by atoms with Gasteiger partial charge in [0.15, 0.2) is 0 Å². The Labute approximate surface area is 83.8 Å². The van der Waals surface area contributed by atoms with Crippen LogP contribution in [0.1, 0.15) is 5.56 Å². The maximum absolute atomic E-state index is 10.6. The van der Waals surface area contributed by atoms with Gasteiger partial charge in [-0.05, 0) is 18.6 Å². The first kappa shape index (κ1) is 13.3. The van der Waals surface area contributed by atoms with E-state index < -0.39 is 12.1 Å². The number of halogens is 3. The van der Waals surface area contributed by atoms with Gasteiger partial charge in [0.1, 0.15) is 5.75 Å². The summed E-state index contributed by atoms with van der Waals surface area (Å²) < 4.78 is 31.7. The zero-order chi connectivity index (χ0) is 12.1. The monoisotopic (exact) mass is 222 g/mol. The number of carbonyl (C=O) groups is 1. The number of hydrogen-bond acceptors (Lipinski definition) is 2. The molecule has 0 saturated carbocycles. The average Bonchev–Trinajstić information content (AvgIpc) is 2.09. The molecule has 0 bridgehead atoms. The summed E-state index contributed by atoms with van der Waals surface area (Å²) >= 11 is 0. The van der Waals surface area contributed by atoms with E-state index in [9.17, 15) is 13.2 Å². The van der Waals surface area contributed by atoms with E-state index in [4.69, 9.17) is 15.0 Å². The molecule has 3 nitrogen and oxygen atoms in total. The van der Waals surface area contributed by atoms with Gasteiger partial charge >= 0.3 is 12.1 Å². The van der Waals surface area contributed by atoms with Gasteiger partial charge in [0.05, 0.1) is 0 Å². The molecule has 1 aromatic rings. The summed E-state index contributed by atoms with van der Waals surface area (Å²) in [5, 5.41) is 16.0. The number of phenolic OH excluding ortho intramolecular Hbond substituents is 1. The zero-order valence-electron chi connectivity index (χ0n) is 7.75. The minimum atomic E-state index is -5.08. The van der Waals surface area contributed by atoms with Crippen LogP contribution in [-0.4, -0.2) is 22.4 Å². The third kappa shape index (κ3) is 5.56. The summed E-state index contributed by atoms with van der Waals surface area (Å²) in [4.78, 5) is 8.90. The molecule has 0 heterocycles. The number of rotatable bonds is 0. The average molecular weight is 222 g/mol. The van der Waals surface area contributed by atoms with E-state index in [1.54, 1.807) is 6.07 Å². The predicted octanol–water partition coefficient (Wildman–Crippen LogP) is 2.33. The highest BCUT2D eigenvalue weighted by molar-refractivity contribution is 5.73. The molecule has 0 unspecified atom stereocenters. The number of alkyl halides is 3. The van der Waals surface area contributed by atoms with Gasteiger partial charge in [-0.1, -0.05) is 18.2 Å². The fraction of sp³-hybridized carbons (Fsp3) is 0.222. The van der Waals surface area contributed by atoms with E-state index in [0.29, 0.717) is 5.75 Å². The summed E-state index contributed by atoms with van der Waals surface area (Å²) in [5.41, 5.74) is 0.924. The van der Waals surface area contributed by atoms with Crippen LogP contribution in [-0.2, 0) is 4.79 Å². The summed E-state index contributed by atoms with van der Waals surface area (Å²) in [7, 11) is 0. The van der Waals surface area contributed by atoms with E-state index in [1.807, 2.05) is 25.1 Å². The predicted molar refractivity (Wildman–Crippen MR) is 46.5 cm³/mol. The summed E-state index contributed by atoms with van der Waals surface area (Å²) in [5.74, 6) is -2.39. The van der Waals surface area contributed by atoms with E-state index >= 15 is 0 Å². The fourth-order valence-corrected chi connectivity index (χ4v) is 0.563. The van der Waals surface area contributed by atoms with Gasteiger partial charge in [0.25, 0.3) is 0 Å². The first-order chi connectivity index (χ1) is 6.75. The SMILES string of the molecule is Cc1ccccc1O.O=C(O)C(F)(F)F. The van der Waals surface area contributed by atoms with Gasteiger partial charge in [0, 0.05) is 0 Å². The standard InChI is InChI=1S/C7H8O.C2HF3O2/c1-6-4-2-3-5-7(6)8;3-2(4,5)1(6)7/h2-5,8H,1H3;(H,6,7). The third-order valence-corrected chi connectivity index (χ3v) is 1.36. The summed E-state index contributed by atoms with van der Waals surface area (Å²) in [6.45, 7) is 1.87. The second-order valence-electron chi connectivity index (χ2n) is 2.59. The molecule has 0 radical (unpaired) electrons. The lowest BCUT2D eigenvalue weighted by molar-refractivity contribution is -0.192. The van der Waals surface area contributed by atoms with E-state index in [1.165, 1.54) is 0 Å². The van der Waals surface area contributed by atoms with Crippen molar-refractivity contribution in [2.75, 3.05) is 0 Å². The number of benzene rings is 1. The van der Waals surface area contributed by atoms with Gasteiger partial charge in [-0.15, -0.1) is 0 Å². The molecule has 1 rings (SSSR count). The zero-order valence-corrected chi connectivity index (χ0v) is 7.75. The molecule has 0 aliphatic heterocycles. The molecule has 2 N–H and O–H groups in total.